The molecule has 0 aromatic heterocycles. The second-order valence-corrected chi connectivity index (χ2v) is 3.37. The number of hydrogen-bond acceptors (Lipinski definition) is 2. The highest BCUT2D eigenvalue weighted by molar-refractivity contribution is 5.37. The van der Waals surface area contributed by atoms with Gasteiger partial charge in [0, 0.05) is 11.6 Å². The van der Waals surface area contributed by atoms with Gasteiger partial charge in [-0.15, -0.1) is 6.42 Å². The molecule has 1 unspecified atom stereocenters. The standard InChI is InChI=1S/C12H15NO/c1-4-7-13-10(3)11-6-5-9(2)8-12(11)14/h1,5-6,8,10,13-14H,7H2,2-3H3. The molecule has 0 spiro atoms. The van der Waals surface area contributed by atoms with Crippen molar-refractivity contribution < 1.29 is 5.11 Å². The van der Waals surface area contributed by atoms with Gasteiger partial charge >= 0.3 is 0 Å². The van der Waals surface area contributed by atoms with E-state index in [1.54, 1.807) is 6.07 Å². The molecule has 0 heterocycles. The van der Waals surface area contributed by atoms with Gasteiger partial charge in [0.2, 0.25) is 0 Å². The van der Waals surface area contributed by atoms with Crippen LogP contribution in [0.25, 0.3) is 0 Å². The first-order valence-electron chi connectivity index (χ1n) is 4.61. The van der Waals surface area contributed by atoms with Crippen molar-refractivity contribution >= 4 is 0 Å². The zero-order valence-electron chi connectivity index (χ0n) is 8.54. The van der Waals surface area contributed by atoms with Crippen molar-refractivity contribution in [3.05, 3.63) is 29.3 Å². The van der Waals surface area contributed by atoms with Gasteiger partial charge in [0.1, 0.15) is 5.75 Å². The molecule has 0 amide bonds. The highest BCUT2D eigenvalue weighted by Crippen LogP contribution is 2.24. The van der Waals surface area contributed by atoms with Crippen LogP contribution in [-0.4, -0.2) is 11.7 Å². The molecule has 74 valence electrons. The minimum absolute atomic E-state index is 0.0756. The van der Waals surface area contributed by atoms with Crippen LogP contribution in [0.3, 0.4) is 0 Å². The van der Waals surface area contributed by atoms with E-state index in [9.17, 15) is 5.11 Å². The first-order chi connectivity index (χ1) is 6.65. The number of aryl methyl sites for hydroxylation is 1. The average Bonchev–Trinajstić information content (AvgIpc) is 2.14. The maximum absolute atomic E-state index is 9.67. The van der Waals surface area contributed by atoms with Crippen molar-refractivity contribution in [2.24, 2.45) is 0 Å². The Labute approximate surface area is 85.0 Å². The third-order valence-electron chi connectivity index (χ3n) is 2.16. The summed E-state index contributed by atoms with van der Waals surface area (Å²) in [5.74, 6) is 2.83. The molecule has 0 saturated carbocycles. The number of aromatic hydroxyl groups is 1. The zero-order chi connectivity index (χ0) is 10.6. The topological polar surface area (TPSA) is 32.3 Å². The molecule has 1 aromatic carbocycles. The van der Waals surface area contributed by atoms with Gasteiger partial charge in [0.05, 0.1) is 6.54 Å². The van der Waals surface area contributed by atoms with Crippen LogP contribution in [0.1, 0.15) is 24.1 Å². The van der Waals surface area contributed by atoms with Crippen molar-refractivity contribution in [3.8, 4) is 18.1 Å². The van der Waals surface area contributed by atoms with Crippen LogP contribution in [0.5, 0.6) is 5.75 Å². The SMILES string of the molecule is C#CCNC(C)c1ccc(C)cc1O. The molecule has 1 aromatic rings. The molecule has 0 aliphatic rings. The Kier molecular flexibility index (Phi) is 3.55. The van der Waals surface area contributed by atoms with Gasteiger partial charge in [-0.2, -0.15) is 0 Å². The van der Waals surface area contributed by atoms with Crippen molar-refractivity contribution in [2.75, 3.05) is 6.54 Å². The molecule has 0 fully saturated rings. The van der Waals surface area contributed by atoms with E-state index >= 15 is 0 Å². The van der Waals surface area contributed by atoms with E-state index in [4.69, 9.17) is 6.42 Å². The molecule has 2 nitrogen and oxygen atoms in total. The largest absolute Gasteiger partial charge is 0.508 e. The lowest BCUT2D eigenvalue weighted by Gasteiger charge is -2.14. The Bertz CT molecular complexity index is 352. The highest BCUT2D eigenvalue weighted by Gasteiger charge is 2.08. The summed E-state index contributed by atoms with van der Waals surface area (Å²) in [6, 6.07) is 5.72. The van der Waals surface area contributed by atoms with E-state index in [0.29, 0.717) is 12.3 Å². The molecular formula is C12H15NO. The fourth-order valence-corrected chi connectivity index (χ4v) is 1.34. The summed E-state index contributed by atoms with van der Waals surface area (Å²) >= 11 is 0. The molecule has 0 bridgehead atoms. The lowest BCUT2D eigenvalue weighted by Crippen LogP contribution is -2.18. The number of benzene rings is 1. The molecule has 2 heteroatoms. The number of terminal acetylenes is 1. The maximum atomic E-state index is 9.67. The van der Waals surface area contributed by atoms with Crippen molar-refractivity contribution in [1.29, 1.82) is 0 Å². The molecule has 14 heavy (non-hydrogen) atoms. The summed E-state index contributed by atoms with van der Waals surface area (Å²) < 4.78 is 0. The van der Waals surface area contributed by atoms with Gasteiger partial charge in [0.25, 0.3) is 0 Å². The van der Waals surface area contributed by atoms with Crippen LogP contribution in [-0.2, 0) is 0 Å². The van der Waals surface area contributed by atoms with Crippen LogP contribution in [0.4, 0.5) is 0 Å². The third-order valence-corrected chi connectivity index (χ3v) is 2.16. The van der Waals surface area contributed by atoms with E-state index in [1.165, 1.54) is 0 Å². The van der Waals surface area contributed by atoms with Crippen molar-refractivity contribution in [1.82, 2.24) is 5.32 Å². The number of nitrogens with one attached hydrogen (secondary N) is 1. The predicted molar refractivity (Wildman–Crippen MR) is 58.1 cm³/mol. The average molecular weight is 189 g/mol. The fraction of sp³-hybridized carbons (Fsp3) is 0.333. The van der Waals surface area contributed by atoms with Crippen LogP contribution >= 0.6 is 0 Å². The van der Waals surface area contributed by atoms with Gasteiger partial charge in [-0.25, -0.2) is 0 Å². The van der Waals surface area contributed by atoms with E-state index in [1.807, 2.05) is 26.0 Å². The fourth-order valence-electron chi connectivity index (χ4n) is 1.34. The number of phenolic OH excluding ortho intramolecular Hbond substituents is 1. The van der Waals surface area contributed by atoms with E-state index < -0.39 is 0 Å². The second kappa shape index (κ2) is 4.69. The zero-order valence-corrected chi connectivity index (χ0v) is 8.54. The Morgan fingerprint density at radius 3 is 2.86 bits per heavy atom. The first kappa shape index (κ1) is 10.6. The highest BCUT2D eigenvalue weighted by atomic mass is 16.3. The normalized spacial score (nSPS) is 12.1. The quantitative estimate of drug-likeness (QED) is 0.713. The summed E-state index contributed by atoms with van der Waals surface area (Å²) in [7, 11) is 0. The predicted octanol–water partition coefficient (Wildman–Crippen LogP) is 1.98. The Balaban J connectivity index is 2.80. The Morgan fingerprint density at radius 2 is 2.29 bits per heavy atom. The van der Waals surface area contributed by atoms with E-state index in [2.05, 4.69) is 11.2 Å². The summed E-state index contributed by atoms with van der Waals surface area (Å²) in [5, 5.41) is 12.8. The Hall–Kier alpha value is -1.46. The van der Waals surface area contributed by atoms with Crippen molar-refractivity contribution in [3.63, 3.8) is 0 Å². The summed E-state index contributed by atoms with van der Waals surface area (Å²) in [6.07, 6.45) is 5.14. The lowest BCUT2D eigenvalue weighted by atomic mass is 10.1. The van der Waals surface area contributed by atoms with Gasteiger partial charge in [-0.1, -0.05) is 18.1 Å². The van der Waals surface area contributed by atoms with Gasteiger partial charge in [0.15, 0.2) is 0 Å². The number of hydrogen-bond donors (Lipinski definition) is 2. The minimum atomic E-state index is 0.0756. The van der Waals surface area contributed by atoms with Crippen LogP contribution in [0.15, 0.2) is 18.2 Å². The molecule has 1 atom stereocenters. The molecule has 2 N–H and O–H groups in total. The number of rotatable bonds is 3. The monoisotopic (exact) mass is 189 g/mol. The molecule has 0 aliphatic heterocycles. The van der Waals surface area contributed by atoms with Crippen LogP contribution in [0, 0.1) is 19.3 Å². The maximum Gasteiger partial charge on any atom is 0.120 e. The second-order valence-electron chi connectivity index (χ2n) is 3.37. The lowest BCUT2D eigenvalue weighted by molar-refractivity contribution is 0.456. The molecule has 0 saturated heterocycles. The smallest absolute Gasteiger partial charge is 0.120 e. The summed E-state index contributed by atoms with van der Waals surface area (Å²) in [5.41, 5.74) is 1.93. The summed E-state index contributed by atoms with van der Waals surface area (Å²) in [4.78, 5) is 0. The van der Waals surface area contributed by atoms with Crippen LogP contribution in [0.2, 0.25) is 0 Å². The Morgan fingerprint density at radius 1 is 1.57 bits per heavy atom. The molecule has 0 aliphatic carbocycles. The van der Waals surface area contributed by atoms with E-state index in [-0.39, 0.29) is 6.04 Å². The summed E-state index contributed by atoms with van der Waals surface area (Å²) in [6.45, 7) is 4.43. The van der Waals surface area contributed by atoms with Gasteiger partial charge in [-0.3, -0.25) is 5.32 Å². The van der Waals surface area contributed by atoms with E-state index in [0.717, 1.165) is 11.1 Å². The molecule has 0 radical (unpaired) electrons. The first-order valence-corrected chi connectivity index (χ1v) is 4.61. The van der Waals surface area contributed by atoms with Gasteiger partial charge in [-0.05, 0) is 25.5 Å². The minimum Gasteiger partial charge on any atom is -0.508 e. The third kappa shape index (κ3) is 2.51. The molecule has 1 rings (SSSR count). The van der Waals surface area contributed by atoms with Crippen molar-refractivity contribution in [2.45, 2.75) is 19.9 Å². The van der Waals surface area contributed by atoms with Crippen LogP contribution < -0.4 is 5.32 Å². The number of phenols is 1. The van der Waals surface area contributed by atoms with Gasteiger partial charge < -0.3 is 5.11 Å². The molecular weight excluding hydrogens is 174 g/mol.